The minimum Gasteiger partial charge on any atom is -0.309 e. The Bertz CT molecular complexity index is 331. The summed E-state index contributed by atoms with van der Waals surface area (Å²) >= 11 is 0. The standard InChI is InChI=1S/C13H15N/c1-3-7-12(8-4-1)11-14-13-9-5-2-6-10-13/h1,3-4,7-8,13-14H,5,9-11H2. The van der Waals surface area contributed by atoms with Gasteiger partial charge in [-0.15, -0.1) is 11.8 Å². The van der Waals surface area contributed by atoms with Gasteiger partial charge in [0, 0.05) is 25.4 Å². The maximum absolute atomic E-state index is 3.54. The molecule has 0 heterocycles. The maximum Gasteiger partial charge on any atom is 0.0243 e. The monoisotopic (exact) mass is 185 g/mol. The van der Waals surface area contributed by atoms with Crippen LogP contribution in [0.15, 0.2) is 30.3 Å². The smallest absolute Gasteiger partial charge is 0.0243 e. The Morgan fingerprint density at radius 3 is 2.79 bits per heavy atom. The van der Waals surface area contributed by atoms with Gasteiger partial charge in [0.05, 0.1) is 0 Å². The zero-order chi connectivity index (χ0) is 9.64. The summed E-state index contributed by atoms with van der Waals surface area (Å²) in [6.07, 6.45) is 3.25. The maximum atomic E-state index is 3.54. The SMILES string of the molecule is C1#CCC(NCc2ccccc2)CC1. The van der Waals surface area contributed by atoms with Crippen molar-refractivity contribution in [1.82, 2.24) is 5.32 Å². The number of benzene rings is 1. The van der Waals surface area contributed by atoms with Gasteiger partial charge in [0.1, 0.15) is 0 Å². The van der Waals surface area contributed by atoms with E-state index in [4.69, 9.17) is 0 Å². The molecule has 1 nitrogen and oxygen atoms in total. The lowest BCUT2D eigenvalue weighted by Crippen LogP contribution is -2.29. The third-order valence-electron chi connectivity index (χ3n) is 2.53. The Kier molecular flexibility index (Phi) is 3.21. The average molecular weight is 185 g/mol. The highest BCUT2D eigenvalue weighted by molar-refractivity contribution is 5.15. The van der Waals surface area contributed by atoms with Crippen molar-refractivity contribution in [2.45, 2.75) is 31.8 Å². The molecule has 1 atom stereocenters. The second-order valence-electron chi connectivity index (χ2n) is 3.66. The summed E-state index contributed by atoms with van der Waals surface area (Å²) in [7, 11) is 0. The molecule has 0 aromatic heterocycles. The molecule has 0 aliphatic heterocycles. The molecule has 2 rings (SSSR count). The molecule has 0 fully saturated rings. The summed E-state index contributed by atoms with van der Waals surface area (Å²) in [4.78, 5) is 0. The topological polar surface area (TPSA) is 12.0 Å². The molecule has 1 aliphatic rings. The van der Waals surface area contributed by atoms with Gasteiger partial charge in [-0.25, -0.2) is 0 Å². The summed E-state index contributed by atoms with van der Waals surface area (Å²) in [5, 5.41) is 3.54. The predicted molar refractivity (Wildman–Crippen MR) is 58.7 cm³/mol. The molecule has 0 saturated carbocycles. The second-order valence-corrected chi connectivity index (χ2v) is 3.66. The van der Waals surface area contributed by atoms with Crippen LogP contribution in [0.25, 0.3) is 0 Å². The van der Waals surface area contributed by atoms with Crippen molar-refractivity contribution < 1.29 is 0 Å². The molecule has 14 heavy (non-hydrogen) atoms. The Morgan fingerprint density at radius 1 is 1.21 bits per heavy atom. The first-order valence-corrected chi connectivity index (χ1v) is 5.18. The molecule has 1 N–H and O–H groups in total. The quantitative estimate of drug-likeness (QED) is 0.713. The third-order valence-corrected chi connectivity index (χ3v) is 2.53. The number of nitrogens with one attached hydrogen (secondary N) is 1. The van der Waals surface area contributed by atoms with Gasteiger partial charge in [-0.2, -0.15) is 0 Å². The van der Waals surface area contributed by atoms with Crippen molar-refractivity contribution in [2.24, 2.45) is 0 Å². The molecule has 0 saturated heterocycles. The van der Waals surface area contributed by atoms with E-state index in [2.05, 4.69) is 47.5 Å². The first-order valence-electron chi connectivity index (χ1n) is 5.18. The third kappa shape index (κ3) is 2.61. The van der Waals surface area contributed by atoms with Crippen molar-refractivity contribution in [3.05, 3.63) is 35.9 Å². The zero-order valence-corrected chi connectivity index (χ0v) is 8.29. The molecular formula is C13H15N. The van der Waals surface area contributed by atoms with E-state index in [1.165, 1.54) is 12.0 Å². The highest BCUT2D eigenvalue weighted by Gasteiger charge is 2.07. The van der Waals surface area contributed by atoms with Gasteiger partial charge in [0.15, 0.2) is 0 Å². The summed E-state index contributed by atoms with van der Waals surface area (Å²) in [5.74, 6) is 6.28. The van der Waals surface area contributed by atoms with Crippen molar-refractivity contribution in [3.8, 4) is 11.8 Å². The first-order chi connectivity index (χ1) is 6.95. The Morgan fingerprint density at radius 2 is 2.07 bits per heavy atom. The van der Waals surface area contributed by atoms with E-state index in [0.29, 0.717) is 6.04 Å². The Balaban J connectivity index is 1.81. The summed E-state index contributed by atoms with van der Waals surface area (Å²) < 4.78 is 0. The van der Waals surface area contributed by atoms with Crippen LogP contribution in [0.5, 0.6) is 0 Å². The number of hydrogen-bond donors (Lipinski definition) is 1. The van der Waals surface area contributed by atoms with Crippen LogP contribution in [0.2, 0.25) is 0 Å². The predicted octanol–water partition coefficient (Wildman–Crippen LogP) is 2.33. The fraction of sp³-hybridized carbons (Fsp3) is 0.385. The van der Waals surface area contributed by atoms with Crippen LogP contribution in [0, 0.1) is 11.8 Å². The van der Waals surface area contributed by atoms with Crippen LogP contribution >= 0.6 is 0 Å². The van der Waals surface area contributed by atoms with Gasteiger partial charge >= 0.3 is 0 Å². The van der Waals surface area contributed by atoms with Crippen LogP contribution in [0.3, 0.4) is 0 Å². The lowest BCUT2D eigenvalue weighted by Gasteiger charge is -2.17. The van der Waals surface area contributed by atoms with Crippen LogP contribution in [0.4, 0.5) is 0 Å². The fourth-order valence-electron chi connectivity index (χ4n) is 1.66. The van der Waals surface area contributed by atoms with E-state index in [-0.39, 0.29) is 0 Å². The second kappa shape index (κ2) is 4.83. The van der Waals surface area contributed by atoms with E-state index in [1.54, 1.807) is 0 Å². The van der Waals surface area contributed by atoms with Crippen molar-refractivity contribution in [2.75, 3.05) is 0 Å². The van der Waals surface area contributed by atoms with E-state index < -0.39 is 0 Å². The molecule has 1 aliphatic carbocycles. The molecule has 0 amide bonds. The van der Waals surface area contributed by atoms with Crippen LogP contribution in [-0.2, 0) is 6.54 Å². The van der Waals surface area contributed by atoms with E-state index in [1.807, 2.05) is 0 Å². The highest BCUT2D eigenvalue weighted by Crippen LogP contribution is 2.07. The lowest BCUT2D eigenvalue weighted by atomic mass is 10.0. The summed E-state index contributed by atoms with van der Waals surface area (Å²) in [6, 6.07) is 11.1. The minimum atomic E-state index is 0.594. The first kappa shape index (κ1) is 9.30. The van der Waals surface area contributed by atoms with Crippen molar-refractivity contribution in [1.29, 1.82) is 0 Å². The molecule has 0 bridgehead atoms. The zero-order valence-electron chi connectivity index (χ0n) is 8.29. The van der Waals surface area contributed by atoms with Crippen LogP contribution in [-0.4, -0.2) is 6.04 Å². The van der Waals surface area contributed by atoms with Gasteiger partial charge < -0.3 is 5.32 Å². The normalized spacial score (nSPS) is 19.9. The Hall–Kier alpha value is -1.26. The van der Waals surface area contributed by atoms with Gasteiger partial charge in [-0.05, 0) is 12.0 Å². The van der Waals surface area contributed by atoms with Gasteiger partial charge in [-0.1, -0.05) is 30.3 Å². The molecule has 1 heteroatoms. The van der Waals surface area contributed by atoms with E-state index in [9.17, 15) is 0 Å². The van der Waals surface area contributed by atoms with E-state index >= 15 is 0 Å². The average Bonchev–Trinajstić information content (AvgIpc) is 2.29. The number of rotatable bonds is 3. The van der Waals surface area contributed by atoms with E-state index in [0.717, 1.165) is 19.4 Å². The molecular weight excluding hydrogens is 170 g/mol. The summed E-state index contributed by atoms with van der Waals surface area (Å²) in [6.45, 7) is 0.965. The van der Waals surface area contributed by atoms with Crippen LogP contribution in [0.1, 0.15) is 24.8 Å². The Labute approximate surface area is 85.5 Å². The van der Waals surface area contributed by atoms with Gasteiger partial charge in [0.25, 0.3) is 0 Å². The molecule has 0 radical (unpaired) electrons. The van der Waals surface area contributed by atoms with Gasteiger partial charge in [0.2, 0.25) is 0 Å². The molecule has 1 aromatic carbocycles. The van der Waals surface area contributed by atoms with Crippen molar-refractivity contribution in [3.63, 3.8) is 0 Å². The van der Waals surface area contributed by atoms with Gasteiger partial charge in [-0.3, -0.25) is 0 Å². The lowest BCUT2D eigenvalue weighted by molar-refractivity contribution is 0.487. The summed E-state index contributed by atoms with van der Waals surface area (Å²) in [5.41, 5.74) is 1.35. The largest absolute Gasteiger partial charge is 0.309 e. The molecule has 0 spiro atoms. The molecule has 1 aromatic rings. The molecule has 1 unspecified atom stereocenters. The van der Waals surface area contributed by atoms with Crippen LogP contribution < -0.4 is 5.32 Å². The minimum absolute atomic E-state index is 0.594. The number of hydrogen-bond acceptors (Lipinski definition) is 1. The fourth-order valence-corrected chi connectivity index (χ4v) is 1.66. The van der Waals surface area contributed by atoms with Crippen molar-refractivity contribution >= 4 is 0 Å². The highest BCUT2D eigenvalue weighted by atomic mass is 14.9. The molecule has 72 valence electrons.